The van der Waals surface area contributed by atoms with E-state index < -0.39 is 0 Å². The molecule has 0 bridgehead atoms. The van der Waals surface area contributed by atoms with Crippen LogP contribution in [-0.4, -0.2) is 23.3 Å². The number of Topliss-reactive ketones (excluding diaryl/α,β-unsaturated/α-hetero) is 2. The monoisotopic (exact) mass is 419 g/mol. The standard InChI is InChI=1S/C26H29NO4/c28-19-9-11-22(23(29)16-19)26-25-21-12-10-20(15-18(21)8-13-24(25)31-27-26)30-14-4-7-17-5-2-1-3-6-17/h8,10,12-13,15,17,22H,1-7,9,11,14,16H2/t22-/m1/s1. The first-order chi connectivity index (χ1) is 15.2. The van der Waals surface area contributed by atoms with E-state index in [1.165, 1.54) is 38.5 Å². The number of hydrogen-bond acceptors (Lipinski definition) is 5. The molecule has 0 spiro atoms. The van der Waals surface area contributed by atoms with Crippen molar-refractivity contribution in [3.05, 3.63) is 36.0 Å². The van der Waals surface area contributed by atoms with E-state index in [0.717, 1.165) is 40.9 Å². The van der Waals surface area contributed by atoms with E-state index in [1.54, 1.807) is 0 Å². The van der Waals surface area contributed by atoms with Crippen molar-refractivity contribution in [3.8, 4) is 5.75 Å². The summed E-state index contributed by atoms with van der Waals surface area (Å²) >= 11 is 0. The highest BCUT2D eigenvalue weighted by Crippen LogP contribution is 2.37. The Morgan fingerprint density at radius 3 is 2.74 bits per heavy atom. The summed E-state index contributed by atoms with van der Waals surface area (Å²) in [6, 6.07) is 9.99. The number of ketones is 2. The van der Waals surface area contributed by atoms with Crippen molar-refractivity contribution in [2.45, 2.75) is 70.1 Å². The lowest BCUT2D eigenvalue weighted by molar-refractivity contribution is -0.130. The van der Waals surface area contributed by atoms with Gasteiger partial charge < -0.3 is 9.26 Å². The second-order valence-corrected chi connectivity index (χ2v) is 9.16. The molecule has 162 valence electrons. The van der Waals surface area contributed by atoms with Gasteiger partial charge in [0.2, 0.25) is 0 Å². The first-order valence-electron chi connectivity index (χ1n) is 11.7. The molecule has 2 aromatic carbocycles. The van der Waals surface area contributed by atoms with Crippen molar-refractivity contribution in [1.82, 2.24) is 5.16 Å². The molecule has 2 fully saturated rings. The van der Waals surface area contributed by atoms with E-state index in [-0.39, 0.29) is 23.9 Å². The summed E-state index contributed by atoms with van der Waals surface area (Å²) in [5, 5.41) is 7.17. The Morgan fingerprint density at radius 2 is 1.90 bits per heavy atom. The molecule has 5 heteroatoms. The lowest BCUT2D eigenvalue weighted by atomic mass is 9.83. The van der Waals surface area contributed by atoms with Gasteiger partial charge in [0, 0.05) is 6.42 Å². The highest BCUT2D eigenvalue weighted by Gasteiger charge is 2.32. The van der Waals surface area contributed by atoms with Gasteiger partial charge in [-0.3, -0.25) is 9.59 Å². The zero-order valence-corrected chi connectivity index (χ0v) is 17.9. The summed E-state index contributed by atoms with van der Waals surface area (Å²) in [7, 11) is 0. The molecule has 31 heavy (non-hydrogen) atoms. The molecule has 0 unspecified atom stereocenters. The predicted molar refractivity (Wildman–Crippen MR) is 119 cm³/mol. The maximum Gasteiger partial charge on any atom is 0.167 e. The number of benzene rings is 2. The molecule has 1 aromatic heterocycles. The van der Waals surface area contributed by atoms with Gasteiger partial charge in [0.1, 0.15) is 23.0 Å². The molecule has 0 aliphatic heterocycles. The molecule has 2 aliphatic rings. The summed E-state index contributed by atoms with van der Waals surface area (Å²) in [6.45, 7) is 0.743. The fourth-order valence-corrected chi connectivity index (χ4v) is 5.30. The number of aromatic nitrogens is 1. The smallest absolute Gasteiger partial charge is 0.167 e. The Bertz CT molecular complexity index is 1110. The highest BCUT2D eigenvalue weighted by molar-refractivity contribution is 6.11. The Morgan fingerprint density at radius 1 is 1.03 bits per heavy atom. The fraction of sp³-hybridized carbons (Fsp3) is 0.500. The van der Waals surface area contributed by atoms with Crippen molar-refractivity contribution < 1.29 is 18.8 Å². The van der Waals surface area contributed by atoms with Crippen LogP contribution in [0, 0.1) is 5.92 Å². The maximum absolute atomic E-state index is 12.5. The summed E-state index contributed by atoms with van der Waals surface area (Å²) in [6.07, 6.45) is 10.2. The second-order valence-electron chi connectivity index (χ2n) is 9.16. The number of carbonyl (C=O) groups excluding carboxylic acids is 2. The van der Waals surface area contributed by atoms with Crippen LogP contribution in [0.1, 0.15) is 75.8 Å². The van der Waals surface area contributed by atoms with E-state index in [4.69, 9.17) is 9.26 Å². The van der Waals surface area contributed by atoms with Gasteiger partial charge in [-0.15, -0.1) is 0 Å². The highest BCUT2D eigenvalue weighted by atomic mass is 16.5. The van der Waals surface area contributed by atoms with E-state index in [9.17, 15) is 9.59 Å². The Labute approximate surface area is 182 Å². The molecular formula is C26H29NO4. The lowest BCUT2D eigenvalue weighted by Gasteiger charge is -2.21. The quantitative estimate of drug-likeness (QED) is 0.355. The van der Waals surface area contributed by atoms with Crippen LogP contribution in [0.2, 0.25) is 0 Å². The third kappa shape index (κ3) is 4.23. The summed E-state index contributed by atoms with van der Waals surface area (Å²) < 4.78 is 11.6. The molecular weight excluding hydrogens is 390 g/mol. The van der Waals surface area contributed by atoms with Crippen molar-refractivity contribution in [2.75, 3.05) is 6.61 Å². The third-order valence-electron chi connectivity index (χ3n) is 7.00. The Hall–Kier alpha value is -2.69. The molecule has 5 rings (SSSR count). The molecule has 2 aliphatic carbocycles. The van der Waals surface area contributed by atoms with Gasteiger partial charge in [-0.05, 0) is 60.2 Å². The van der Waals surface area contributed by atoms with Crippen molar-refractivity contribution in [2.24, 2.45) is 5.92 Å². The Kier molecular flexibility index (Phi) is 5.75. The van der Waals surface area contributed by atoms with Gasteiger partial charge in [0.15, 0.2) is 5.58 Å². The van der Waals surface area contributed by atoms with Crippen LogP contribution < -0.4 is 4.74 Å². The van der Waals surface area contributed by atoms with Crippen LogP contribution >= 0.6 is 0 Å². The predicted octanol–water partition coefficient (Wildman–Crippen LogP) is 6.13. The maximum atomic E-state index is 12.5. The third-order valence-corrected chi connectivity index (χ3v) is 7.00. The van der Waals surface area contributed by atoms with Crippen LogP contribution in [-0.2, 0) is 9.59 Å². The van der Waals surface area contributed by atoms with Crippen molar-refractivity contribution in [1.29, 1.82) is 0 Å². The van der Waals surface area contributed by atoms with Crippen molar-refractivity contribution in [3.63, 3.8) is 0 Å². The number of ether oxygens (including phenoxy) is 1. The van der Waals surface area contributed by atoms with Gasteiger partial charge in [-0.25, -0.2) is 0 Å². The molecule has 2 saturated carbocycles. The largest absolute Gasteiger partial charge is 0.494 e. The first-order valence-corrected chi connectivity index (χ1v) is 11.7. The van der Waals surface area contributed by atoms with Gasteiger partial charge in [-0.2, -0.15) is 0 Å². The molecule has 3 aromatic rings. The van der Waals surface area contributed by atoms with E-state index in [2.05, 4.69) is 11.2 Å². The molecule has 0 radical (unpaired) electrons. The molecule has 0 N–H and O–H groups in total. The van der Waals surface area contributed by atoms with Gasteiger partial charge in [-0.1, -0.05) is 43.3 Å². The van der Waals surface area contributed by atoms with Crippen LogP contribution in [0.4, 0.5) is 0 Å². The van der Waals surface area contributed by atoms with Gasteiger partial charge >= 0.3 is 0 Å². The number of fused-ring (bicyclic) bond motifs is 3. The van der Waals surface area contributed by atoms with E-state index >= 15 is 0 Å². The van der Waals surface area contributed by atoms with Crippen LogP contribution in [0.3, 0.4) is 0 Å². The minimum atomic E-state index is -0.361. The zero-order chi connectivity index (χ0) is 21.2. The molecule has 5 nitrogen and oxygen atoms in total. The average molecular weight is 420 g/mol. The molecule has 1 atom stereocenters. The van der Waals surface area contributed by atoms with E-state index in [0.29, 0.717) is 24.1 Å². The normalized spacial score (nSPS) is 20.6. The van der Waals surface area contributed by atoms with Crippen LogP contribution in [0.5, 0.6) is 5.75 Å². The zero-order valence-electron chi connectivity index (χ0n) is 17.9. The van der Waals surface area contributed by atoms with Crippen molar-refractivity contribution >= 4 is 33.3 Å². The van der Waals surface area contributed by atoms with Crippen LogP contribution in [0.25, 0.3) is 21.7 Å². The van der Waals surface area contributed by atoms with E-state index in [1.807, 2.05) is 24.3 Å². The molecule has 1 heterocycles. The lowest BCUT2D eigenvalue weighted by Crippen LogP contribution is -2.23. The average Bonchev–Trinajstić information content (AvgIpc) is 3.21. The summed E-state index contributed by atoms with van der Waals surface area (Å²) in [5.74, 6) is 1.35. The minimum Gasteiger partial charge on any atom is -0.494 e. The summed E-state index contributed by atoms with van der Waals surface area (Å²) in [5.41, 5.74) is 1.34. The summed E-state index contributed by atoms with van der Waals surface area (Å²) in [4.78, 5) is 24.1. The first kappa shape index (κ1) is 20.2. The number of hydrogen-bond donors (Lipinski definition) is 0. The minimum absolute atomic E-state index is 0.00261. The second kappa shape index (κ2) is 8.81. The Balaban J connectivity index is 1.33. The van der Waals surface area contributed by atoms with Gasteiger partial charge in [0.05, 0.1) is 24.3 Å². The molecule has 0 saturated heterocycles. The topological polar surface area (TPSA) is 69.4 Å². The number of rotatable bonds is 6. The SMILES string of the molecule is O=C1CC[C@@H](c2noc3ccc4cc(OCCCC5CCCCC5)ccc4c23)C(=O)C1. The van der Waals surface area contributed by atoms with Crippen LogP contribution in [0.15, 0.2) is 34.9 Å². The number of carbonyl (C=O) groups is 2. The molecule has 0 amide bonds. The fourth-order valence-electron chi connectivity index (χ4n) is 5.30. The van der Waals surface area contributed by atoms with Gasteiger partial charge in [0.25, 0.3) is 0 Å². The number of nitrogens with zero attached hydrogens (tertiary/aromatic N) is 1.